The minimum absolute atomic E-state index is 0.299. The smallest absolute Gasteiger partial charge is 0.0918 e. The van der Waals surface area contributed by atoms with Crippen LogP contribution in [0.4, 0.5) is 0 Å². The van der Waals surface area contributed by atoms with Gasteiger partial charge in [-0.2, -0.15) is 0 Å². The van der Waals surface area contributed by atoms with Crippen molar-refractivity contribution >= 4 is 5.84 Å². The highest BCUT2D eigenvalue weighted by Crippen LogP contribution is 2.09. The lowest BCUT2D eigenvalue weighted by Crippen LogP contribution is -2.32. The molecule has 0 aliphatic rings. The minimum Gasteiger partial charge on any atom is -0.388 e. The lowest BCUT2D eigenvalue weighted by molar-refractivity contribution is 0.239. The second-order valence-corrected chi connectivity index (χ2v) is 3.85. The molecule has 0 saturated heterocycles. The summed E-state index contributed by atoms with van der Waals surface area (Å²) in [5, 5.41) is 7.19. The van der Waals surface area contributed by atoms with Gasteiger partial charge in [-0.15, -0.1) is 0 Å². The molecular formula is C11H25N3. The molecule has 0 aromatic carbocycles. The Hall–Kier alpha value is -0.570. The van der Waals surface area contributed by atoms with Crippen LogP contribution in [0, 0.1) is 11.3 Å². The third kappa shape index (κ3) is 5.97. The average Bonchev–Trinajstić information content (AvgIpc) is 2.18. The molecule has 3 heteroatoms. The normalized spacial score (nSPS) is 11.2. The van der Waals surface area contributed by atoms with Gasteiger partial charge in [0.15, 0.2) is 0 Å². The Morgan fingerprint density at radius 3 is 2.21 bits per heavy atom. The fourth-order valence-electron chi connectivity index (χ4n) is 1.57. The van der Waals surface area contributed by atoms with Gasteiger partial charge in [0.05, 0.1) is 5.84 Å². The zero-order valence-corrected chi connectivity index (χ0v) is 9.84. The monoisotopic (exact) mass is 199 g/mol. The van der Waals surface area contributed by atoms with Gasteiger partial charge < -0.3 is 10.6 Å². The van der Waals surface area contributed by atoms with Gasteiger partial charge in [0, 0.05) is 19.5 Å². The van der Waals surface area contributed by atoms with Gasteiger partial charge in [0.1, 0.15) is 0 Å². The van der Waals surface area contributed by atoms with Crippen molar-refractivity contribution in [3.8, 4) is 0 Å². The van der Waals surface area contributed by atoms with E-state index in [-0.39, 0.29) is 0 Å². The van der Waals surface area contributed by atoms with Crippen LogP contribution < -0.4 is 5.73 Å². The van der Waals surface area contributed by atoms with E-state index < -0.39 is 0 Å². The summed E-state index contributed by atoms with van der Waals surface area (Å²) < 4.78 is 0. The van der Waals surface area contributed by atoms with E-state index in [9.17, 15) is 0 Å². The summed E-state index contributed by atoms with van der Waals surface area (Å²) >= 11 is 0. The van der Waals surface area contributed by atoms with Gasteiger partial charge in [-0.3, -0.25) is 5.41 Å². The summed E-state index contributed by atoms with van der Waals surface area (Å²) in [4.78, 5) is 2.39. The van der Waals surface area contributed by atoms with Gasteiger partial charge in [-0.05, 0) is 12.5 Å². The van der Waals surface area contributed by atoms with Crippen molar-refractivity contribution in [1.82, 2.24) is 4.90 Å². The van der Waals surface area contributed by atoms with Crippen LogP contribution in [0.3, 0.4) is 0 Å². The number of nitrogens with zero attached hydrogens (tertiary/aromatic N) is 1. The van der Waals surface area contributed by atoms with Crippen LogP contribution in [0.15, 0.2) is 0 Å². The van der Waals surface area contributed by atoms with E-state index in [4.69, 9.17) is 11.1 Å². The summed E-state index contributed by atoms with van der Waals surface area (Å²) in [6.45, 7) is 9.80. The van der Waals surface area contributed by atoms with Crippen molar-refractivity contribution in [2.45, 2.75) is 40.0 Å². The van der Waals surface area contributed by atoms with Crippen LogP contribution in [-0.4, -0.2) is 30.4 Å². The van der Waals surface area contributed by atoms with Crippen LogP contribution in [0.25, 0.3) is 0 Å². The van der Waals surface area contributed by atoms with E-state index in [1.807, 2.05) is 0 Å². The van der Waals surface area contributed by atoms with Crippen LogP contribution >= 0.6 is 0 Å². The predicted octanol–water partition coefficient (Wildman–Crippen LogP) is 2.07. The van der Waals surface area contributed by atoms with Gasteiger partial charge in [-0.1, -0.05) is 33.6 Å². The largest absolute Gasteiger partial charge is 0.388 e. The summed E-state index contributed by atoms with van der Waals surface area (Å²) in [6.07, 6.45) is 3.19. The maximum atomic E-state index is 7.19. The molecule has 0 amide bonds. The molecule has 0 spiro atoms. The van der Waals surface area contributed by atoms with Crippen molar-refractivity contribution in [3.05, 3.63) is 0 Å². The Bertz CT molecular complexity index is 153. The Kier molecular flexibility index (Phi) is 7.48. The van der Waals surface area contributed by atoms with E-state index >= 15 is 0 Å². The molecule has 0 saturated carbocycles. The van der Waals surface area contributed by atoms with Gasteiger partial charge in [0.25, 0.3) is 0 Å². The topological polar surface area (TPSA) is 53.1 Å². The van der Waals surface area contributed by atoms with E-state index in [1.165, 1.54) is 12.8 Å². The Labute approximate surface area is 88.2 Å². The molecule has 3 nitrogen and oxygen atoms in total. The Morgan fingerprint density at radius 2 is 1.86 bits per heavy atom. The highest BCUT2D eigenvalue weighted by atomic mass is 15.1. The third-order valence-electron chi connectivity index (χ3n) is 2.82. The molecule has 84 valence electrons. The number of nitrogens with two attached hydrogens (primary N) is 1. The highest BCUT2D eigenvalue weighted by molar-refractivity contribution is 5.76. The number of amidine groups is 1. The molecule has 14 heavy (non-hydrogen) atoms. The molecule has 0 unspecified atom stereocenters. The first-order valence-corrected chi connectivity index (χ1v) is 5.69. The first kappa shape index (κ1) is 13.4. The number of nitrogens with one attached hydrogen (secondary N) is 1. The standard InChI is InChI=1S/C11H25N3/c1-4-10(5-2)9-14(6-3)8-7-11(12)13/h10H,4-9H2,1-3H3,(H3,12,13). The molecule has 0 fully saturated rings. The fraction of sp³-hybridized carbons (Fsp3) is 0.909. The Balaban J connectivity index is 3.82. The Morgan fingerprint density at radius 1 is 1.29 bits per heavy atom. The second kappa shape index (κ2) is 7.80. The van der Waals surface area contributed by atoms with Crippen LogP contribution in [-0.2, 0) is 0 Å². The number of rotatable bonds is 8. The van der Waals surface area contributed by atoms with E-state index in [1.54, 1.807) is 0 Å². The molecule has 0 aromatic rings. The van der Waals surface area contributed by atoms with Crippen molar-refractivity contribution in [2.24, 2.45) is 11.7 Å². The van der Waals surface area contributed by atoms with Crippen LogP contribution in [0.2, 0.25) is 0 Å². The quantitative estimate of drug-likeness (QED) is 0.464. The first-order valence-electron chi connectivity index (χ1n) is 5.69. The lowest BCUT2D eigenvalue weighted by atomic mass is 10.0. The summed E-state index contributed by atoms with van der Waals surface area (Å²) in [7, 11) is 0. The highest BCUT2D eigenvalue weighted by Gasteiger charge is 2.09. The molecule has 3 N–H and O–H groups in total. The van der Waals surface area contributed by atoms with Crippen LogP contribution in [0.5, 0.6) is 0 Å². The predicted molar refractivity (Wildman–Crippen MR) is 62.7 cm³/mol. The molecule has 0 aliphatic heterocycles. The molecule has 0 heterocycles. The molecule has 0 aliphatic carbocycles. The first-order chi connectivity index (χ1) is 6.63. The van der Waals surface area contributed by atoms with Gasteiger partial charge in [-0.25, -0.2) is 0 Å². The molecule has 0 bridgehead atoms. The molecule has 0 radical (unpaired) electrons. The van der Waals surface area contributed by atoms with E-state index in [0.29, 0.717) is 12.3 Å². The molecule has 0 aromatic heterocycles. The van der Waals surface area contributed by atoms with Crippen molar-refractivity contribution < 1.29 is 0 Å². The average molecular weight is 199 g/mol. The van der Waals surface area contributed by atoms with Crippen LogP contribution in [0.1, 0.15) is 40.0 Å². The van der Waals surface area contributed by atoms with Gasteiger partial charge >= 0.3 is 0 Å². The molecule has 0 rings (SSSR count). The number of hydrogen-bond donors (Lipinski definition) is 2. The van der Waals surface area contributed by atoms with Crippen molar-refractivity contribution in [3.63, 3.8) is 0 Å². The SMILES string of the molecule is CCC(CC)CN(CC)CCC(=N)N. The van der Waals surface area contributed by atoms with E-state index in [2.05, 4.69) is 25.7 Å². The zero-order chi connectivity index (χ0) is 11.0. The zero-order valence-electron chi connectivity index (χ0n) is 9.84. The molecular weight excluding hydrogens is 174 g/mol. The summed E-state index contributed by atoms with van der Waals surface area (Å²) in [6, 6.07) is 0. The second-order valence-electron chi connectivity index (χ2n) is 3.85. The van der Waals surface area contributed by atoms with E-state index in [0.717, 1.165) is 25.6 Å². The third-order valence-corrected chi connectivity index (χ3v) is 2.82. The van der Waals surface area contributed by atoms with Crippen molar-refractivity contribution in [2.75, 3.05) is 19.6 Å². The lowest BCUT2D eigenvalue weighted by Gasteiger charge is -2.24. The number of hydrogen-bond acceptors (Lipinski definition) is 2. The maximum Gasteiger partial charge on any atom is 0.0918 e. The summed E-state index contributed by atoms with van der Waals surface area (Å²) in [5.74, 6) is 1.09. The minimum atomic E-state index is 0.299. The van der Waals surface area contributed by atoms with Gasteiger partial charge in [0.2, 0.25) is 0 Å². The fourth-order valence-corrected chi connectivity index (χ4v) is 1.57. The maximum absolute atomic E-state index is 7.19. The molecule has 0 atom stereocenters. The summed E-state index contributed by atoms with van der Waals surface area (Å²) in [5.41, 5.74) is 5.35. The van der Waals surface area contributed by atoms with Crippen molar-refractivity contribution in [1.29, 1.82) is 5.41 Å².